The van der Waals surface area contributed by atoms with Gasteiger partial charge >= 0.3 is 0 Å². The molecule has 0 aliphatic carbocycles. The number of aromatic nitrogens is 2. The Bertz CT molecular complexity index is 305. The zero-order valence-corrected chi connectivity index (χ0v) is 8.47. The van der Waals surface area contributed by atoms with E-state index in [1.165, 1.54) is 6.07 Å². The second-order valence-electron chi connectivity index (χ2n) is 4.02. The van der Waals surface area contributed by atoms with Crippen molar-refractivity contribution in [3.8, 4) is 0 Å². The molecule has 0 saturated carbocycles. The van der Waals surface area contributed by atoms with E-state index >= 15 is 0 Å². The molecule has 0 spiro atoms. The average molecular weight is 215 g/mol. The molecule has 1 aromatic heterocycles. The molecule has 84 valence electrons. The molecule has 0 radical (unpaired) electrons. The highest BCUT2D eigenvalue weighted by atomic mass is 19.3. The summed E-state index contributed by atoms with van der Waals surface area (Å²) in [7, 11) is 0. The number of H-pyrrole nitrogens is 1. The van der Waals surface area contributed by atoms with E-state index in [0.717, 1.165) is 38.0 Å². The number of hydrogen-bond acceptors (Lipinski definition) is 2. The number of aromatic amines is 1. The molecule has 2 heterocycles. The standard InChI is InChI=1S/C10H15F2N3/c11-10(12)9-6-8(14-15-9)5-7-1-3-13-4-2-7/h6-7,10,13H,1-5H2,(H,14,15). The summed E-state index contributed by atoms with van der Waals surface area (Å²) in [6, 6.07) is 1.48. The maximum absolute atomic E-state index is 12.3. The molecule has 2 rings (SSSR count). The van der Waals surface area contributed by atoms with Gasteiger partial charge in [-0.1, -0.05) is 0 Å². The van der Waals surface area contributed by atoms with Crippen LogP contribution in [0, 0.1) is 5.92 Å². The third-order valence-electron chi connectivity index (χ3n) is 2.84. The summed E-state index contributed by atoms with van der Waals surface area (Å²) < 4.78 is 24.5. The summed E-state index contributed by atoms with van der Waals surface area (Å²) in [5.41, 5.74) is 0.691. The lowest BCUT2D eigenvalue weighted by Gasteiger charge is -2.21. The highest BCUT2D eigenvalue weighted by Gasteiger charge is 2.16. The van der Waals surface area contributed by atoms with Gasteiger partial charge in [-0.2, -0.15) is 5.10 Å². The fourth-order valence-electron chi connectivity index (χ4n) is 1.99. The van der Waals surface area contributed by atoms with E-state index in [2.05, 4.69) is 15.5 Å². The molecule has 0 atom stereocenters. The molecule has 0 bridgehead atoms. The van der Waals surface area contributed by atoms with Crippen LogP contribution >= 0.6 is 0 Å². The number of nitrogens with one attached hydrogen (secondary N) is 2. The van der Waals surface area contributed by atoms with Crippen LogP contribution < -0.4 is 5.32 Å². The van der Waals surface area contributed by atoms with E-state index in [0.29, 0.717) is 5.92 Å². The highest BCUT2D eigenvalue weighted by Crippen LogP contribution is 2.20. The molecule has 1 aliphatic rings. The first kappa shape index (κ1) is 10.5. The van der Waals surface area contributed by atoms with Crippen LogP contribution in [-0.2, 0) is 6.42 Å². The van der Waals surface area contributed by atoms with E-state index in [1.54, 1.807) is 0 Å². The third kappa shape index (κ3) is 2.75. The average Bonchev–Trinajstić information content (AvgIpc) is 2.68. The molecule has 3 nitrogen and oxygen atoms in total. The monoisotopic (exact) mass is 215 g/mol. The zero-order valence-electron chi connectivity index (χ0n) is 8.47. The van der Waals surface area contributed by atoms with Gasteiger partial charge < -0.3 is 5.32 Å². The van der Waals surface area contributed by atoms with Gasteiger partial charge in [-0.15, -0.1) is 0 Å². The number of halogens is 2. The summed E-state index contributed by atoms with van der Waals surface area (Å²) in [6.07, 6.45) is 0.594. The lowest BCUT2D eigenvalue weighted by atomic mass is 9.93. The third-order valence-corrected chi connectivity index (χ3v) is 2.84. The molecule has 1 aromatic rings. The molecule has 1 aliphatic heterocycles. The van der Waals surface area contributed by atoms with Gasteiger partial charge in [0.05, 0.1) is 0 Å². The van der Waals surface area contributed by atoms with E-state index in [4.69, 9.17) is 0 Å². The van der Waals surface area contributed by atoms with Gasteiger partial charge in [-0.3, -0.25) is 5.10 Å². The van der Waals surface area contributed by atoms with Crippen LogP contribution in [-0.4, -0.2) is 23.3 Å². The predicted octanol–water partition coefficient (Wildman–Crippen LogP) is 1.89. The summed E-state index contributed by atoms with van der Waals surface area (Å²) in [6.45, 7) is 2.06. The number of rotatable bonds is 3. The summed E-state index contributed by atoms with van der Waals surface area (Å²) in [5.74, 6) is 0.595. The maximum Gasteiger partial charge on any atom is 0.282 e. The van der Waals surface area contributed by atoms with Gasteiger partial charge in [0, 0.05) is 5.69 Å². The SMILES string of the molecule is FC(F)c1cc(CC2CCNCC2)[nH]n1. The van der Waals surface area contributed by atoms with Gasteiger partial charge in [0.25, 0.3) is 6.43 Å². The van der Waals surface area contributed by atoms with Crippen LogP contribution in [0.25, 0.3) is 0 Å². The smallest absolute Gasteiger partial charge is 0.282 e. The topological polar surface area (TPSA) is 40.7 Å². The second-order valence-corrected chi connectivity index (χ2v) is 4.02. The van der Waals surface area contributed by atoms with Gasteiger partial charge in [-0.25, -0.2) is 8.78 Å². The van der Waals surface area contributed by atoms with E-state index in [-0.39, 0.29) is 5.69 Å². The first-order valence-corrected chi connectivity index (χ1v) is 5.29. The molecular formula is C10H15F2N3. The van der Waals surface area contributed by atoms with Crippen molar-refractivity contribution < 1.29 is 8.78 Å². The van der Waals surface area contributed by atoms with Crippen LogP contribution in [0.3, 0.4) is 0 Å². The normalized spacial score (nSPS) is 18.6. The van der Waals surface area contributed by atoms with Crippen molar-refractivity contribution in [1.29, 1.82) is 0 Å². The molecule has 0 amide bonds. The lowest BCUT2D eigenvalue weighted by Crippen LogP contribution is -2.28. The van der Waals surface area contributed by atoms with Gasteiger partial charge in [-0.05, 0) is 44.3 Å². The van der Waals surface area contributed by atoms with E-state index in [1.807, 2.05) is 0 Å². The summed E-state index contributed by atoms with van der Waals surface area (Å²) >= 11 is 0. The van der Waals surface area contributed by atoms with Crippen molar-refractivity contribution in [3.05, 3.63) is 17.5 Å². The minimum absolute atomic E-state index is 0.140. The predicted molar refractivity (Wildman–Crippen MR) is 52.8 cm³/mol. The van der Waals surface area contributed by atoms with Crippen molar-refractivity contribution >= 4 is 0 Å². The fourth-order valence-corrected chi connectivity index (χ4v) is 1.99. The summed E-state index contributed by atoms with van der Waals surface area (Å²) in [4.78, 5) is 0. The Kier molecular flexibility index (Phi) is 3.30. The Morgan fingerprint density at radius 2 is 2.13 bits per heavy atom. The molecule has 1 saturated heterocycles. The first-order valence-electron chi connectivity index (χ1n) is 5.29. The van der Waals surface area contributed by atoms with Crippen molar-refractivity contribution in [2.75, 3.05) is 13.1 Å². The van der Waals surface area contributed by atoms with Crippen molar-refractivity contribution in [1.82, 2.24) is 15.5 Å². The Hall–Kier alpha value is -0.970. The molecule has 0 unspecified atom stereocenters. The minimum Gasteiger partial charge on any atom is -0.317 e. The van der Waals surface area contributed by atoms with Crippen molar-refractivity contribution in [3.63, 3.8) is 0 Å². The van der Waals surface area contributed by atoms with E-state index in [9.17, 15) is 8.78 Å². The number of alkyl halides is 2. The van der Waals surface area contributed by atoms with Gasteiger partial charge in [0.1, 0.15) is 5.69 Å². The molecule has 0 aromatic carbocycles. The molecule has 1 fully saturated rings. The molecule has 15 heavy (non-hydrogen) atoms. The molecule has 2 N–H and O–H groups in total. The Morgan fingerprint density at radius 3 is 2.73 bits per heavy atom. The van der Waals surface area contributed by atoms with Crippen LogP contribution in [0.5, 0.6) is 0 Å². The lowest BCUT2D eigenvalue weighted by molar-refractivity contribution is 0.146. The maximum atomic E-state index is 12.3. The Labute approximate surface area is 87.3 Å². The van der Waals surface area contributed by atoms with Gasteiger partial charge in [0.2, 0.25) is 0 Å². The Balaban J connectivity index is 1.91. The number of nitrogens with zero attached hydrogens (tertiary/aromatic N) is 1. The second kappa shape index (κ2) is 4.70. The quantitative estimate of drug-likeness (QED) is 0.808. The largest absolute Gasteiger partial charge is 0.317 e. The summed E-state index contributed by atoms with van der Waals surface area (Å²) in [5, 5.41) is 9.55. The Morgan fingerprint density at radius 1 is 1.40 bits per heavy atom. The zero-order chi connectivity index (χ0) is 10.7. The number of piperidine rings is 1. The van der Waals surface area contributed by atoms with Crippen molar-refractivity contribution in [2.24, 2.45) is 5.92 Å². The van der Waals surface area contributed by atoms with Crippen molar-refractivity contribution in [2.45, 2.75) is 25.7 Å². The van der Waals surface area contributed by atoms with E-state index < -0.39 is 6.43 Å². The molecular weight excluding hydrogens is 200 g/mol. The fraction of sp³-hybridized carbons (Fsp3) is 0.700. The highest BCUT2D eigenvalue weighted by molar-refractivity contribution is 5.10. The molecule has 5 heteroatoms. The first-order chi connectivity index (χ1) is 7.25. The van der Waals surface area contributed by atoms with Crippen LogP contribution in [0.15, 0.2) is 6.07 Å². The minimum atomic E-state index is -2.47. The van der Waals surface area contributed by atoms with Crippen LogP contribution in [0.4, 0.5) is 8.78 Å². The number of hydrogen-bond donors (Lipinski definition) is 2. The van der Waals surface area contributed by atoms with Crippen LogP contribution in [0.1, 0.15) is 30.7 Å². The van der Waals surface area contributed by atoms with Gasteiger partial charge in [0.15, 0.2) is 0 Å². The van der Waals surface area contributed by atoms with Crippen LogP contribution in [0.2, 0.25) is 0 Å².